The van der Waals surface area contributed by atoms with Crippen LogP contribution in [0.3, 0.4) is 0 Å². The van der Waals surface area contributed by atoms with Crippen molar-refractivity contribution in [3.05, 3.63) is 30.0 Å². The van der Waals surface area contributed by atoms with Crippen molar-refractivity contribution < 1.29 is 38.1 Å². The normalized spacial score (nSPS) is 10.5. The highest BCUT2D eigenvalue weighted by Crippen LogP contribution is 2.31. The Morgan fingerprint density at radius 1 is 0.871 bits per heavy atom. The first-order valence-electron chi connectivity index (χ1n) is 9.30. The van der Waals surface area contributed by atoms with Crippen molar-refractivity contribution in [2.75, 3.05) is 45.8 Å². The van der Waals surface area contributed by atoms with Crippen molar-refractivity contribution in [1.29, 1.82) is 0 Å². The number of benzene rings is 1. The van der Waals surface area contributed by atoms with Gasteiger partial charge in [0.2, 0.25) is 11.8 Å². The van der Waals surface area contributed by atoms with E-state index < -0.39 is 11.9 Å². The van der Waals surface area contributed by atoms with Crippen molar-refractivity contribution >= 4 is 29.4 Å². The molecule has 0 aromatic heterocycles. The van der Waals surface area contributed by atoms with Crippen LogP contribution in [0.15, 0.2) is 30.0 Å². The molecule has 0 unspecified atom stereocenters. The summed E-state index contributed by atoms with van der Waals surface area (Å²) in [7, 11) is 2.36. The Hall–Kier alpha value is -3.76. The van der Waals surface area contributed by atoms with Crippen LogP contribution >= 0.6 is 0 Å². The number of ether oxygens (including phenoxy) is 4. The average molecular weight is 437 g/mol. The van der Waals surface area contributed by atoms with Crippen molar-refractivity contribution in [3.8, 4) is 11.5 Å². The quantitative estimate of drug-likeness (QED) is 0.240. The highest BCUT2D eigenvalue weighted by molar-refractivity contribution is 5.98. The van der Waals surface area contributed by atoms with Crippen molar-refractivity contribution in [1.82, 2.24) is 10.6 Å². The van der Waals surface area contributed by atoms with Crippen molar-refractivity contribution in [2.45, 2.75) is 13.8 Å². The number of hydrogen-bond acceptors (Lipinski definition) is 9. The minimum Gasteiger partial charge on any atom is -0.488 e. The summed E-state index contributed by atoms with van der Waals surface area (Å²) in [5.74, 6) is -1.17. The Kier molecular flexibility index (Phi) is 11.0. The summed E-state index contributed by atoms with van der Waals surface area (Å²) in [6.45, 7) is 3.72. The number of amides is 2. The fraction of sp³-hybridized carbons (Fsp3) is 0.400. The van der Waals surface area contributed by atoms with E-state index in [1.54, 1.807) is 18.2 Å². The minimum atomic E-state index is -0.769. The summed E-state index contributed by atoms with van der Waals surface area (Å²) in [4.78, 5) is 45.4. The Labute approximate surface area is 180 Å². The molecule has 2 amide bonds. The van der Waals surface area contributed by atoms with Crippen LogP contribution in [0.1, 0.15) is 13.8 Å². The first-order valence-corrected chi connectivity index (χ1v) is 9.30. The third-order valence-corrected chi connectivity index (χ3v) is 3.56. The molecule has 0 heterocycles. The van der Waals surface area contributed by atoms with Crippen LogP contribution in [-0.2, 0) is 28.7 Å². The molecule has 3 N–H and O–H groups in total. The summed E-state index contributed by atoms with van der Waals surface area (Å²) in [5.41, 5.74) is 0.266. The molecule has 0 radical (unpaired) electrons. The van der Waals surface area contributed by atoms with Gasteiger partial charge in [0, 0.05) is 25.6 Å². The smallest absolute Gasteiger partial charge is 0.354 e. The molecule has 0 saturated carbocycles. The Morgan fingerprint density at radius 2 is 1.45 bits per heavy atom. The Bertz CT molecular complexity index is 823. The van der Waals surface area contributed by atoms with Gasteiger partial charge in [0.15, 0.2) is 11.5 Å². The van der Waals surface area contributed by atoms with E-state index >= 15 is 0 Å². The summed E-state index contributed by atoms with van der Waals surface area (Å²) >= 11 is 0. The number of carbonyl (C=O) groups is 4. The Balaban J connectivity index is 3.01. The van der Waals surface area contributed by atoms with E-state index in [-0.39, 0.29) is 37.3 Å². The number of anilines is 1. The third-order valence-electron chi connectivity index (χ3n) is 3.56. The number of nitrogens with one attached hydrogen (secondary N) is 3. The molecule has 0 bridgehead atoms. The molecule has 0 fully saturated rings. The number of carbonyl (C=O) groups excluding carboxylic acids is 4. The summed E-state index contributed by atoms with van der Waals surface area (Å²) in [6, 6.07) is 4.74. The summed E-state index contributed by atoms with van der Waals surface area (Å²) < 4.78 is 20.5. The second kappa shape index (κ2) is 13.5. The molecule has 11 nitrogen and oxygen atoms in total. The van der Waals surface area contributed by atoms with Crippen LogP contribution in [0.5, 0.6) is 11.5 Å². The Morgan fingerprint density at radius 3 is 1.97 bits per heavy atom. The maximum Gasteiger partial charge on any atom is 0.354 e. The van der Waals surface area contributed by atoms with E-state index in [0.717, 1.165) is 6.08 Å². The van der Waals surface area contributed by atoms with E-state index in [2.05, 4.69) is 25.4 Å². The first kappa shape index (κ1) is 25.3. The van der Waals surface area contributed by atoms with Gasteiger partial charge in [-0.2, -0.15) is 0 Å². The lowest BCUT2D eigenvalue weighted by atomic mass is 10.2. The molecule has 11 heteroatoms. The van der Waals surface area contributed by atoms with E-state index in [1.165, 1.54) is 28.1 Å². The second-order valence-electron chi connectivity index (χ2n) is 6.02. The van der Waals surface area contributed by atoms with Crippen LogP contribution in [0.2, 0.25) is 0 Å². The van der Waals surface area contributed by atoms with E-state index in [9.17, 15) is 19.2 Å². The molecule has 31 heavy (non-hydrogen) atoms. The number of methoxy groups -OCH3 is 2. The van der Waals surface area contributed by atoms with Crippen LogP contribution in [-0.4, -0.2) is 64.3 Å². The minimum absolute atomic E-state index is 0.141. The van der Waals surface area contributed by atoms with Gasteiger partial charge in [0.1, 0.15) is 18.9 Å². The molecule has 170 valence electrons. The van der Waals surface area contributed by atoms with Gasteiger partial charge in [0.05, 0.1) is 33.4 Å². The average Bonchev–Trinajstić information content (AvgIpc) is 2.73. The lowest BCUT2D eigenvalue weighted by Crippen LogP contribution is -2.26. The molecule has 0 spiro atoms. The van der Waals surface area contributed by atoms with E-state index in [1.807, 2.05) is 0 Å². The van der Waals surface area contributed by atoms with E-state index in [4.69, 9.17) is 9.47 Å². The van der Waals surface area contributed by atoms with Gasteiger partial charge in [-0.25, -0.2) is 9.59 Å². The zero-order valence-electron chi connectivity index (χ0n) is 17.9. The van der Waals surface area contributed by atoms with Gasteiger partial charge < -0.3 is 34.9 Å². The molecule has 0 atom stereocenters. The zero-order valence-corrected chi connectivity index (χ0v) is 17.9. The van der Waals surface area contributed by atoms with Gasteiger partial charge in [-0.15, -0.1) is 0 Å². The maximum absolute atomic E-state index is 11.9. The van der Waals surface area contributed by atoms with Crippen LogP contribution in [0.4, 0.5) is 5.69 Å². The van der Waals surface area contributed by atoms with E-state index in [0.29, 0.717) is 23.7 Å². The van der Waals surface area contributed by atoms with Crippen molar-refractivity contribution in [3.63, 3.8) is 0 Å². The SMILES string of the molecule is COC(=O)/C=C(/Nc1ccc(OCCNC(C)=O)c(OCCNC(C)=O)c1)C(=O)OC. The predicted molar refractivity (Wildman–Crippen MR) is 111 cm³/mol. The molecular formula is C20H27N3O8. The molecule has 0 saturated heterocycles. The summed E-state index contributed by atoms with van der Waals surface area (Å²) in [6.07, 6.45) is 0.959. The largest absolute Gasteiger partial charge is 0.488 e. The third kappa shape index (κ3) is 10.0. The molecule has 0 aliphatic rings. The highest BCUT2D eigenvalue weighted by Gasteiger charge is 2.15. The second-order valence-corrected chi connectivity index (χ2v) is 6.02. The lowest BCUT2D eigenvalue weighted by Gasteiger charge is -2.16. The first-order chi connectivity index (χ1) is 14.8. The fourth-order valence-corrected chi connectivity index (χ4v) is 2.18. The zero-order chi connectivity index (χ0) is 23.2. The van der Waals surface area contributed by atoms with Gasteiger partial charge in [0.25, 0.3) is 0 Å². The standard InChI is InChI=1S/C20H27N3O8/c1-13(24)21-7-9-30-17-6-5-15(11-18(17)31-10-8-22-14(2)25)23-16(20(27)29-4)12-19(26)28-3/h5-6,11-12,23H,7-10H2,1-4H3,(H,21,24)(H,22,25)/b16-12+. The highest BCUT2D eigenvalue weighted by atomic mass is 16.5. The van der Waals surface area contributed by atoms with Crippen LogP contribution < -0.4 is 25.4 Å². The summed E-state index contributed by atoms with van der Waals surface area (Å²) in [5, 5.41) is 8.00. The maximum atomic E-state index is 11.9. The molecule has 0 aliphatic heterocycles. The number of esters is 2. The van der Waals surface area contributed by atoms with Gasteiger partial charge in [-0.3, -0.25) is 9.59 Å². The molecule has 1 aromatic rings. The van der Waals surface area contributed by atoms with Gasteiger partial charge in [-0.05, 0) is 12.1 Å². The van der Waals surface area contributed by atoms with Gasteiger partial charge in [-0.1, -0.05) is 0 Å². The predicted octanol–water partition coefficient (Wildman–Crippen LogP) is 0.358. The van der Waals surface area contributed by atoms with Gasteiger partial charge >= 0.3 is 11.9 Å². The fourth-order valence-electron chi connectivity index (χ4n) is 2.18. The monoisotopic (exact) mass is 437 g/mol. The topological polar surface area (TPSA) is 141 Å². The molecule has 1 rings (SSSR count). The molecule has 1 aromatic carbocycles. The number of hydrogen-bond donors (Lipinski definition) is 3. The van der Waals surface area contributed by atoms with Crippen LogP contribution in [0, 0.1) is 0 Å². The lowest BCUT2D eigenvalue weighted by molar-refractivity contribution is -0.138. The van der Waals surface area contributed by atoms with Crippen molar-refractivity contribution in [2.24, 2.45) is 0 Å². The molecule has 0 aliphatic carbocycles. The van der Waals surface area contributed by atoms with Crippen LogP contribution in [0.25, 0.3) is 0 Å². The molecular weight excluding hydrogens is 410 g/mol. The number of rotatable bonds is 12.